The van der Waals surface area contributed by atoms with Crippen molar-refractivity contribution in [2.24, 2.45) is 0 Å². The SMILES string of the molecule is COC(=O)c1ccc2c(c1)/C(=C/Cn1cnc3ccc(C(F)(F)F)cc31)c1ccccc1CO2. The van der Waals surface area contributed by atoms with Crippen LogP contribution >= 0.6 is 0 Å². The Kier molecular flexibility index (Phi) is 5.36. The van der Waals surface area contributed by atoms with Crippen LogP contribution in [0.15, 0.2) is 73.1 Å². The number of hydrogen-bond donors (Lipinski definition) is 0. The van der Waals surface area contributed by atoms with Crippen LogP contribution in [0.1, 0.15) is 32.6 Å². The maximum Gasteiger partial charge on any atom is 0.416 e. The van der Waals surface area contributed by atoms with Crippen LogP contribution in [0.2, 0.25) is 0 Å². The molecule has 1 aliphatic rings. The average Bonchev–Trinajstić information content (AvgIpc) is 3.17. The highest BCUT2D eigenvalue weighted by Gasteiger charge is 2.31. The number of carbonyl (C=O) groups excluding carboxylic acids is 1. The monoisotopic (exact) mass is 464 g/mol. The summed E-state index contributed by atoms with van der Waals surface area (Å²) < 4.78 is 52.3. The summed E-state index contributed by atoms with van der Waals surface area (Å²) in [5.41, 5.74) is 3.89. The number of alkyl halides is 3. The first-order valence-corrected chi connectivity index (χ1v) is 10.5. The molecule has 0 amide bonds. The summed E-state index contributed by atoms with van der Waals surface area (Å²) in [5.74, 6) is 0.130. The molecule has 0 unspecified atom stereocenters. The maximum absolute atomic E-state index is 13.2. The van der Waals surface area contributed by atoms with Gasteiger partial charge >= 0.3 is 12.1 Å². The van der Waals surface area contributed by atoms with E-state index in [-0.39, 0.29) is 6.54 Å². The van der Waals surface area contributed by atoms with Gasteiger partial charge in [0, 0.05) is 12.1 Å². The van der Waals surface area contributed by atoms with Gasteiger partial charge in [-0.3, -0.25) is 0 Å². The van der Waals surface area contributed by atoms with Crippen molar-refractivity contribution in [3.05, 3.63) is 101 Å². The van der Waals surface area contributed by atoms with E-state index in [4.69, 9.17) is 9.47 Å². The van der Waals surface area contributed by atoms with Crippen LogP contribution in [0.5, 0.6) is 5.75 Å². The van der Waals surface area contributed by atoms with Crippen molar-refractivity contribution in [1.29, 1.82) is 0 Å². The zero-order valence-corrected chi connectivity index (χ0v) is 18.1. The van der Waals surface area contributed by atoms with Crippen LogP contribution in [0, 0.1) is 0 Å². The highest BCUT2D eigenvalue weighted by Crippen LogP contribution is 2.38. The lowest BCUT2D eigenvalue weighted by Gasteiger charge is -2.13. The molecule has 0 radical (unpaired) electrons. The summed E-state index contributed by atoms with van der Waals surface area (Å²) >= 11 is 0. The molecule has 0 aliphatic carbocycles. The first-order chi connectivity index (χ1) is 16.3. The Balaban J connectivity index is 1.63. The van der Waals surface area contributed by atoms with E-state index in [1.54, 1.807) is 22.8 Å². The van der Waals surface area contributed by atoms with E-state index in [1.807, 2.05) is 30.3 Å². The number of methoxy groups -OCH3 is 1. The molecular formula is C26H19F3N2O3. The zero-order chi connectivity index (χ0) is 23.9. The van der Waals surface area contributed by atoms with Gasteiger partial charge in [0.15, 0.2) is 0 Å². The number of ether oxygens (including phenoxy) is 2. The molecule has 8 heteroatoms. The molecule has 5 nitrogen and oxygen atoms in total. The highest BCUT2D eigenvalue weighted by molar-refractivity contribution is 5.93. The highest BCUT2D eigenvalue weighted by atomic mass is 19.4. The van der Waals surface area contributed by atoms with E-state index >= 15 is 0 Å². The summed E-state index contributed by atoms with van der Waals surface area (Å²) in [6, 6.07) is 16.3. The van der Waals surface area contributed by atoms with E-state index < -0.39 is 17.7 Å². The molecule has 0 saturated heterocycles. The first-order valence-electron chi connectivity index (χ1n) is 10.5. The fourth-order valence-electron chi connectivity index (χ4n) is 4.11. The lowest BCUT2D eigenvalue weighted by molar-refractivity contribution is -0.137. The Morgan fingerprint density at radius 2 is 1.94 bits per heavy atom. The number of hydrogen-bond acceptors (Lipinski definition) is 4. The third-order valence-electron chi connectivity index (χ3n) is 5.82. The normalized spacial score (nSPS) is 14.3. The molecule has 1 aromatic heterocycles. The third kappa shape index (κ3) is 3.91. The fourth-order valence-corrected chi connectivity index (χ4v) is 4.11. The zero-order valence-electron chi connectivity index (χ0n) is 18.1. The average molecular weight is 464 g/mol. The van der Waals surface area contributed by atoms with Gasteiger partial charge in [-0.05, 0) is 53.1 Å². The molecule has 0 saturated carbocycles. The molecule has 0 spiro atoms. The van der Waals surface area contributed by atoms with Crippen molar-refractivity contribution in [2.75, 3.05) is 7.11 Å². The number of esters is 1. The molecule has 34 heavy (non-hydrogen) atoms. The summed E-state index contributed by atoms with van der Waals surface area (Å²) in [7, 11) is 1.32. The molecule has 0 fully saturated rings. The Morgan fingerprint density at radius 3 is 2.74 bits per heavy atom. The second-order valence-electron chi connectivity index (χ2n) is 7.86. The minimum absolute atomic E-state index is 0.267. The van der Waals surface area contributed by atoms with Crippen molar-refractivity contribution in [3.63, 3.8) is 0 Å². The molecule has 172 valence electrons. The molecule has 2 heterocycles. The topological polar surface area (TPSA) is 53.4 Å². The van der Waals surface area contributed by atoms with Crippen molar-refractivity contribution in [1.82, 2.24) is 9.55 Å². The summed E-state index contributed by atoms with van der Waals surface area (Å²) in [6.45, 7) is 0.615. The number of rotatable bonds is 3. The van der Waals surface area contributed by atoms with Crippen LogP contribution in [0.3, 0.4) is 0 Å². The smallest absolute Gasteiger partial charge is 0.416 e. The Bertz CT molecular complexity index is 1440. The molecule has 1 aliphatic heterocycles. The van der Waals surface area contributed by atoms with Gasteiger partial charge in [-0.2, -0.15) is 13.2 Å². The Morgan fingerprint density at radius 1 is 1.12 bits per heavy atom. The quantitative estimate of drug-likeness (QED) is 0.356. The van der Waals surface area contributed by atoms with E-state index in [1.165, 1.54) is 19.5 Å². The molecule has 3 aromatic carbocycles. The number of imidazole rings is 1. The molecular weight excluding hydrogens is 445 g/mol. The number of carbonyl (C=O) groups is 1. The molecule has 0 bridgehead atoms. The van der Waals surface area contributed by atoms with E-state index in [2.05, 4.69) is 4.98 Å². The van der Waals surface area contributed by atoms with Gasteiger partial charge in [0.2, 0.25) is 0 Å². The second kappa shape index (κ2) is 8.37. The number of aromatic nitrogens is 2. The number of halogens is 3. The van der Waals surface area contributed by atoms with Crippen LogP contribution in [-0.2, 0) is 24.1 Å². The maximum atomic E-state index is 13.2. The predicted molar refractivity (Wildman–Crippen MR) is 120 cm³/mol. The van der Waals surface area contributed by atoms with Gasteiger partial charge in [-0.1, -0.05) is 30.3 Å². The van der Waals surface area contributed by atoms with Crippen LogP contribution in [-0.4, -0.2) is 22.6 Å². The predicted octanol–water partition coefficient (Wildman–Crippen LogP) is 5.87. The van der Waals surface area contributed by atoms with Crippen LogP contribution < -0.4 is 4.74 Å². The standard InChI is InChI=1S/C26H19F3N2O3/c1-33-25(32)16-6-9-24-21(12-16)20(19-5-3-2-4-17(19)14-34-24)10-11-31-15-30-22-8-7-18(13-23(22)31)26(27,28)29/h2-10,12-13,15H,11,14H2,1H3/b20-10+. The molecule has 5 rings (SSSR count). The fraction of sp³-hybridized carbons (Fsp3) is 0.154. The lowest BCUT2D eigenvalue weighted by Crippen LogP contribution is -2.05. The Hall–Kier alpha value is -4.07. The summed E-state index contributed by atoms with van der Waals surface area (Å²) in [4.78, 5) is 16.4. The first kappa shape index (κ1) is 21.8. The van der Waals surface area contributed by atoms with Crippen molar-refractivity contribution < 1.29 is 27.4 Å². The largest absolute Gasteiger partial charge is 0.488 e. The summed E-state index contributed by atoms with van der Waals surface area (Å²) in [5, 5.41) is 0. The van der Waals surface area contributed by atoms with Crippen molar-refractivity contribution in [2.45, 2.75) is 19.3 Å². The minimum Gasteiger partial charge on any atom is -0.488 e. The third-order valence-corrected chi connectivity index (χ3v) is 5.82. The van der Waals surface area contributed by atoms with Gasteiger partial charge in [-0.25, -0.2) is 9.78 Å². The molecule has 4 aromatic rings. The second-order valence-corrected chi connectivity index (χ2v) is 7.86. The van der Waals surface area contributed by atoms with Crippen LogP contribution in [0.25, 0.3) is 16.6 Å². The van der Waals surface area contributed by atoms with E-state index in [0.717, 1.165) is 28.8 Å². The van der Waals surface area contributed by atoms with E-state index in [0.29, 0.717) is 34.5 Å². The van der Waals surface area contributed by atoms with Crippen molar-refractivity contribution >= 4 is 22.6 Å². The van der Waals surface area contributed by atoms with Crippen LogP contribution in [0.4, 0.5) is 13.2 Å². The number of allylic oxidation sites excluding steroid dienone is 1. The number of fused-ring (bicyclic) bond motifs is 3. The van der Waals surface area contributed by atoms with Gasteiger partial charge in [-0.15, -0.1) is 0 Å². The lowest BCUT2D eigenvalue weighted by atomic mass is 9.93. The number of nitrogens with zero attached hydrogens (tertiary/aromatic N) is 2. The number of benzene rings is 3. The van der Waals surface area contributed by atoms with Crippen molar-refractivity contribution in [3.8, 4) is 5.75 Å². The van der Waals surface area contributed by atoms with Gasteiger partial charge in [0.25, 0.3) is 0 Å². The van der Waals surface area contributed by atoms with E-state index in [9.17, 15) is 18.0 Å². The summed E-state index contributed by atoms with van der Waals surface area (Å²) in [6.07, 6.45) is -1.01. The Labute approximate surface area is 193 Å². The molecule has 0 atom stereocenters. The minimum atomic E-state index is -4.44. The van der Waals surface area contributed by atoms with Gasteiger partial charge in [0.05, 0.1) is 35.6 Å². The van der Waals surface area contributed by atoms with Gasteiger partial charge < -0.3 is 14.0 Å². The molecule has 0 N–H and O–H groups in total. The van der Waals surface area contributed by atoms with Gasteiger partial charge in [0.1, 0.15) is 12.4 Å².